The molecule has 3 aromatic carbocycles. The number of alkyl halides is 3. The molecule has 0 spiro atoms. The van der Waals surface area contributed by atoms with Gasteiger partial charge in [0.05, 0.1) is 22.4 Å². The quantitative estimate of drug-likeness (QED) is 0.639. The number of carbonyl (C=O) groups is 2. The van der Waals surface area contributed by atoms with Gasteiger partial charge in [0, 0.05) is 5.69 Å². The third-order valence-electron chi connectivity index (χ3n) is 4.14. The van der Waals surface area contributed by atoms with Gasteiger partial charge in [0.25, 0.3) is 5.91 Å². The van der Waals surface area contributed by atoms with Crippen molar-refractivity contribution in [1.82, 2.24) is 0 Å². The number of hydrogen-bond acceptors (Lipinski definition) is 3. The average molecular weight is 401 g/mol. The highest BCUT2D eigenvalue weighted by Gasteiger charge is 2.32. The fourth-order valence-electron chi connectivity index (χ4n) is 2.81. The van der Waals surface area contributed by atoms with Gasteiger partial charge < -0.3 is 10.2 Å². The highest BCUT2D eigenvalue weighted by atomic mass is 19.4. The highest BCUT2D eigenvalue weighted by molar-refractivity contribution is 6.14. The second-order valence-corrected chi connectivity index (χ2v) is 6.03. The summed E-state index contributed by atoms with van der Waals surface area (Å²) in [7, 11) is 0. The standard InChI is InChI=1S/C21H14F3NO4/c22-21(23,24)13-6-5-7-14(12-13)25(17-10-3-1-8-15(17)20(28)29)19(27)16-9-2-4-11-18(16)26/h1-12,26H,(H,28,29). The van der Waals surface area contributed by atoms with Crippen LogP contribution in [0.3, 0.4) is 0 Å². The van der Waals surface area contributed by atoms with E-state index in [1.807, 2.05) is 0 Å². The third-order valence-corrected chi connectivity index (χ3v) is 4.14. The van der Waals surface area contributed by atoms with Crippen molar-refractivity contribution in [1.29, 1.82) is 0 Å². The van der Waals surface area contributed by atoms with Crippen molar-refractivity contribution in [3.05, 3.63) is 89.5 Å². The predicted molar refractivity (Wildman–Crippen MR) is 99.4 cm³/mol. The lowest BCUT2D eigenvalue weighted by molar-refractivity contribution is -0.137. The van der Waals surface area contributed by atoms with Gasteiger partial charge in [-0.3, -0.25) is 9.69 Å². The van der Waals surface area contributed by atoms with Crippen molar-refractivity contribution in [2.75, 3.05) is 4.90 Å². The molecule has 0 saturated heterocycles. The van der Waals surface area contributed by atoms with Crippen LogP contribution in [0.1, 0.15) is 26.3 Å². The Bertz CT molecular complexity index is 1080. The predicted octanol–water partition coefficient (Wildman–Crippen LogP) is 5.09. The number of carbonyl (C=O) groups excluding carboxylic acids is 1. The van der Waals surface area contributed by atoms with Gasteiger partial charge in [0.15, 0.2) is 0 Å². The summed E-state index contributed by atoms with van der Waals surface area (Å²) < 4.78 is 39.6. The number of nitrogens with zero attached hydrogens (tertiary/aromatic N) is 1. The molecule has 0 unspecified atom stereocenters. The third kappa shape index (κ3) is 4.06. The second kappa shape index (κ2) is 7.67. The molecule has 1 amide bonds. The van der Waals surface area contributed by atoms with Crippen molar-refractivity contribution in [2.24, 2.45) is 0 Å². The van der Waals surface area contributed by atoms with Crippen LogP contribution in [0.15, 0.2) is 72.8 Å². The van der Waals surface area contributed by atoms with Crippen molar-refractivity contribution in [3.63, 3.8) is 0 Å². The Morgan fingerprint density at radius 3 is 2.07 bits per heavy atom. The summed E-state index contributed by atoms with van der Waals surface area (Å²) in [4.78, 5) is 25.7. The normalized spacial score (nSPS) is 11.1. The zero-order valence-electron chi connectivity index (χ0n) is 14.7. The van der Waals surface area contributed by atoms with E-state index in [0.717, 1.165) is 23.1 Å². The van der Waals surface area contributed by atoms with E-state index in [-0.39, 0.29) is 28.3 Å². The van der Waals surface area contributed by atoms with Crippen LogP contribution in [0, 0.1) is 0 Å². The molecule has 0 aromatic heterocycles. The van der Waals surface area contributed by atoms with Crippen LogP contribution < -0.4 is 4.90 Å². The molecule has 3 aromatic rings. The first-order chi connectivity index (χ1) is 13.7. The lowest BCUT2D eigenvalue weighted by atomic mass is 10.1. The Morgan fingerprint density at radius 1 is 0.828 bits per heavy atom. The summed E-state index contributed by atoms with van der Waals surface area (Å²) in [6.07, 6.45) is -4.66. The maximum Gasteiger partial charge on any atom is 0.416 e. The van der Waals surface area contributed by atoms with Crippen molar-refractivity contribution in [2.45, 2.75) is 6.18 Å². The number of phenolic OH excluding ortho intramolecular Hbond substituents is 1. The fourth-order valence-corrected chi connectivity index (χ4v) is 2.81. The number of halogens is 3. The zero-order valence-corrected chi connectivity index (χ0v) is 14.7. The Kier molecular flexibility index (Phi) is 5.27. The molecule has 0 aliphatic rings. The van der Waals surface area contributed by atoms with Crippen LogP contribution in [-0.2, 0) is 6.18 Å². The Hall–Kier alpha value is -3.81. The lowest BCUT2D eigenvalue weighted by Crippen LogP contribution is -2.28. The molecule has 0 bridgehead atoms. The van der Waals surface area contributed by atoms with Crippen LogP contribution in [-0.4, -0.2) is 22.1 Å². The maximum absolute atomic E-state index is 13.2. The minimum Gasteiger partial charge on any atom is -0.507 e. The van der Waals surface area contributed by atoms with Gasteiger partial charge in [-0.1, -0.05) is 30.3 Å². The number of para-hydroxylation sites is 2. The molecule has 5 nitrogen and oxygen atoms in total. The van der Waals surface area contributed by atoms with Crippen LogP contribution in [0.5, 0.6) is 5.75 Å². The lowest BCUT2D eigenvalue weighted by Gasteiger charge is -2.25. The first-order valence-corrected chi connectivity index (χ1v) is 8.32. The molecule has 0 atom stereocenters. The molecule has 3 rings (SSSR count). The van der Waals surface area contributed by atoms with E-state index in [2.05, 4.69) is 0 Å². The molecule has 0 aliphatic carbocycles. The smallest absolute Gasteiger partial charge is 0.416 e. The first-order valence-electron chi connectivity index (χ1n) is 8.32. The van der Waals surface area contributed by atoms with Gasteiger partial charge in [0.2, 0.25) is 0 Å². The van der Waals surface area contributed by atoms with Gasteiger partial charge >= 0.3 is 12.1 Å². The fraction of sp³-hybridized carbons (Fsp3) is 0.0476. The van der Waals surface area contributed by atoms with E-state index in [4.69, 9.17) is 0 Å². The first kappa shape index (κ1) is 19.9. The van der Waals surface area contributed by atoms with Crippen LogP contribution in [0.2, 0.25) is 0 Å². The minimum atomic E-state index is -4.66. The molecule has 2 N–H and O–H groups in total. The van der Waals surface area contributed by atoms with E-state index in [9.17, 15) is 33.0 Å². The summed E-state index contributed by atoms with van der Waals surface area (Å²) in [5, 5.41) is 19.5. The van der Waals surface area contributed by atoms with E-state index in [1.54, 1.807) is 0 Å². The van der Waals surface area contributed by atoms with E-state index in [1.165, 1.54) is 54.6 Å². The second-order valence-electron chi connectivity index (χ2n) is 6.03. The minimum absolute atomic E-state index is 0.132. The van der Waals surface area contributed by atoms with Gasteiger partial charge in [-0.05, 0) is 42.5 Å². The van der Waals surface area contributed by atoms with Gasteiger partial charge in [-0.2, -0.15) is 13.2 Å². The van der Waals surface area contributed by atoms with E-state index < -0.39 is 23.6 Å². The van der Waals surface area contributed by atoms with Gasteiger partial charge in [0.1, 0.15) is 5.75 Å². The molecule has 0 fully saturated rings. The zero-order chi connectivity index (χ0) is 21.2. The van der Waals surface area contributed by atoms with Crippen molar-refractivity contribution in [3.8, 4) is 5.75 Å². The summed E-state index contributed by atoms with van der Waals surface area (Å²) in [6, 6.07) is 14.9. The number of aromatic carboxylic acids is 1. The number of hydrogen-bond donors (Lipinski definition) is 2. The number of phenols is 1. The van der Waals surface area contributed by atoms with Crippen molar-refractivity contribution >= 4 is 23.3 Å². The summed E-state index contributed by atoms with van der Waals surface area (Å²) >= 11 is 0. The summed E-state index contributed by atoms with van der Waals surface area (Å²) in [5.74, 6) is -2.62. The number of rotatable bonds is 4. The molecular weight excluding hydrogens is 387 g/mol. The topological polar surface area (TPSA) is 77.8 Å². The van der Waals surface area contributed by atoms with E-state index >= 15 is 0 Å². The molecule has 0 aliphatic heterocycles. The molecule has 0 saturated carbocycles. The van der Waals surface area contributed by atoms with Crippen molar-refractivity contribution < 1.29 is 33.0 Å². The van der Waals surface area contributed by atoms with Crippen LogP contribution in [0.25, 0.3) is 0 Å². The van der Waals surface area contributed by atoms with E-state index in [0.29, 0.717) is 0 Å². The molecule has 29 heavy (non-hydrogen) atoms. The number of carboxylic acids is 1. The highest BCUT2D eigenvalue weighted by Crippen LogP contribution is 2.36. The number of amides is 1. The SMILES string of the molecule is O=C(O)c1ccccc1N(C(=O)c1ccccc1O)c1cccc(C(F)(F)F)c1. The summed E-state index contributed by atoms with van der Waals surface area (Å²) in [6.45, 7) is 0. The Morgan fingerprint density at radius 2 is 1.45 bits per heavy atom. The monoisotopic (exact) mass is 401 g/mol. The van der Waals surface area contributed by atoms with Crippen LogP contribution in [0.4, 0.5) is 24.5 Å². The molecule has 0 radical (unpaired) electrons. The number of benzene rings is 3. The number of aromatic hydroxyl groups is 1. The number of anilines is 2. The van der Waals surface area contributed by atoms with Crippen LogP contribution >= 0.6 is 0 Å². The molecule has 0 heterocycles. The Balaban J connectivity index is 2.25. The number of carboxylic acid groups (broad SMARTS) is 1. The van der Waals surface area contributed by atoms with Gasteiger partial charge in [-0.25, -0.2) is 4.79 Å². The largest absolute Gasteiger partial charge is 0.507 e. The van der Waals surface area contributed by atoms with Gasteiger partial charge in [-0.15, -0.1) is 0 Å². The summed E-state index contributed by atoms with van der Waals surface area (Å²) in [5.41, 5.74) is -1.80. The molecular formula is C21H14F3NO4. The molecule has 8 heteroatoms. The Labute approximate surface area is 163 Å². The average Bonchev–Trinajstić information content (AvgIpc) is 2.68. The molecule has 148 valence electrons. The maximum atomic E-state index is 13.2.